The van der Waals surface area contributed by atoms with Crippen molar-refractivity contribution in [3.05, 3.63) is 0 Å². The van der Waals surface area contributed by atoms with E-state index in [1.54, 1.807) is 0 Å². The first-order chi connectivity index (χ1) is 3.70. The van der Waals surface area contributed by atoms with Crippen LogP contribution < -0.4 is 5.32 Å². The number of amides is 1. The van der Waals surface area contributed by atoms with Crippen LogP contribution >= 0.6 is 11.8 Å². The summed E-state index contributed by atoms with van der Waals surface area (Å²) in [6, 6.07) is 0.354. The summed E-state index contributed by atoms with van der Waals surface area (Å²) in [5, 5.41) is 3.35. The predicted molar refractivity (Wildman–Crippen MR) is 35.0 cm³/mol. The van der Waals surface area contributed by atoms with E-state index in [1.807, 2.05) is 13.8 Å². The van der Waals surface area contributed by atoms with Crippen molar-refractivity contribution >= 4 is 17.0 Å². The Morgan fingerprint density at radius 3 is 2.38 bits per heavy atom. The van der Waals surface area contributed by atoms with Crippen molar-refractivity contribution in [2.24, 2.45) is 0 Å². The molecule has 1 fully saturated rings. The average molecular weight is 131 g/mol. The van der Waals surface area contributed by atoms with Gasteiger partial charge in [-0.1, -0.05) is 18.7 Å². The van der Waals surface area contributed by atoms with Crippen molar-refractivity contribution in [1.29, 1.82) is 0 Å². The fourth-order valence-corrected chi connectivity index (χ4v) is 1.47. The number of carbonyl (C=O) groups excluding carboxylic acids is 1. The second-order valence-corrected chi connectivity index (χ2v) is 3.39. The molecule has 2 atom stereocenters. The molecule has 1 aliphatic heterocycles. The maximum absolute atomic E-state index is 10.5. The van der Waals surface area contributed by atoms with E-state index in [4.69, 9.17) is 0 Å². The van der Waals surface area contributed by atoms with E-state index in [9.17, 15) is 4.79 Å². The second-order valence-electron chi connectivity index (χ2n) is 2.04. The Bertz CT molecular complexity index is 103. The molecule has 0 spiro atoms. The van der Waals surface area contributed by atoms with Crippen LogP contribution in [0.3, 0.4) is 0 Å². The summed E-state index contributed by atoms with van der Waals surface area (Å²) >= 11 is 1.38. The quantitative estimate of drug-likeness (QED) is 0.535. The summed E-state index contributed by atoms with van der Waals surface area (Å²) in [5.74, 6) is 0. The van der Waals surface area contributed by atoms with Crippen LogP contribution in [-0.4, -0.2) is 16.5 Å². The van der Waals surface area contributed by atoms with Crippen molar-refractivity contribution in [1.82, 2.24) is 5.32 Å². The van der Waals surface area contributed by atoms with Gasteiger partial charge in [0.2, 0.25) is 0 Å². The van der Waals surface area contributed by atoms with Gasteiger partial charge in [-0.05, 0) is 6.92 Å². The molecule has 0 aromatic rings. The van der Waals surface area contributed by atoms with E-state index < -0.39 is 0 Å². The van der Waals surface area contributed by atoms with Gasteiger partial charge >= 0.3 is 0 Å². The molecule has 46 valence electrons. The lowest BCUT2D eigenvalue weighted by Crippen LogP contribution is -2.25. The minimum absolute atomic E-state index is 0.116. The molecule has 1 rings (SSSR count). The van der Waals surface area contributed by atoms with Gasteiger partial charge in [-0.15, -0.1) is 0 Å². The molecule has 0 aromatic heterocycles. The minimum Gasteiger partial charge on any atom is -0.343 e. The molecule has 0 aromatic carbocycles. The Morgan fingerprint density at radius 2 is 2.25 bits per heavy atom. The zero-order chi connectivity index (χ0) is 6.15. The van der Waals surface area contributed by atoms with Gasteiger partial charge in [-0.3, -0.25) is 4.79 Å². The zero-order valence-electron chi connectivity index (χ0n) is 4.97. The average Bonchev–Trinajstić information content (AvgIpc) is 1.85. The lowest BCUT2D eigenvalue weighted by atomic mass is 10.3. The molecule has 0 saturated carbocycles. The van der Waals surface area contributed by atoms with Crippen molar-refractivity contribution in [3.63, 3.8) is 0 Å². The van der Waals surface area contributed by atoms with Crippen molar-refractivity contribution in [3.8, 4) is 0 Å². The Kier molecular flexibility index (Phi) is 1.47. The SMILES string of the molecule is CC1NC(=O)SC1C. The van der Waals surface area contributed by atoms with Crippen LogP contribution in [0.1, 0.15) is 13.8 Å². The highest BCUT2D eigenvalue weighted by Crippen LogP contribution is 2.21. The Morgan fingerprint density at radius 1 is 1.62 bits per heavy atom. The number of rotatable bonds is 0. The maximum atomic E-state index is 10.5. The number of carbonyl (C=O) groups is 1. The molecular weight excluding hydrogens is 122 g/mol. The second kappa shape index (κ2) is 1.97. The Hall–Kier alpha value is -0.180. The van der Waals surface area contributed by atoms with Crippen molar-refractivity contribution in [2.75, 3.05) is 0 Å². The summed E-state index contributed by atoms with van der Waals surface area (Å²) in [6.45, 7) is 4.07. The highest BCUT2D eigenvalue weighted by atomic mass is 32.2. The predicted octanol–water partition coefficient (Wildman–Crippen LogP) is 1.22. The third-order valence-corrected chi connectivity index (χ3v) is 2.45. The van der Waals surface area contributed by atoms with Gasteiger partial charge in [0.05, 0.1) is 0 Å². The monoisotopic (exact) mass is 131 g/mol. The minimum atomic E-state index is 0.116. The van der Waals surface area contributed by atoms with E-state index in [1.165, 1.54) is 11.8 Å². The van der Waals surface area contributed by atoms with Gasteiger partial charge in [0.1, 0.15) is 0 Å². The third-order valence-electron chi connectivity index (χ3n) is 1.34. The first-order valence-electron chi connectivity index (χ1n) is 2.67. The molecule has 1 amide bonds. The molecule has 3 heteroatoms. The molecule has 1 saturated heterocycles. The van der Waals surface area contributed by atoms with Crippen LogP contribution in [0, 0.1) is 0 Å². The van der Waals surface area contributed by atoms with Gasteiger partial charge < -0.3 is 5.32 Å². The largest absolute Gasteiger partial charge is 0.343 e. The Balaban J connectivity index is 2.51. The lowest BCUT2D eigenvalue weighted by Gasteiger charge is -2.03. The topological polar surface area (TPSA) is 29.1 Å². The van der Waals surface area contributed by atoms with E-state index >= 15 is 0 Å². The first-order valence-corrected chi connectivity index (χ1v) is 3.55. The summed E-state index contributed by atoms with van der Waals surface area (Å²) in [4.78, 5) is 10.5. The number of thioether (sulfide) groups is 1. The third kappa shape index (κ3) is 0.968. The standard InChI is InChI=1S/C5H9NOS/c1-3-4(2)8-5(7)6-3/h3-4H,1-2H3,(H,6,7). The fraction of sp³-hybridized carbons (Fsp3) is 0.800. The van der Waals surface area contributed by atoms with Crippen LogP contribution in [0.2, 0.25) is 0 Å². The summed E-state index contributed by atoms with van der Waals surface area (Å²) in [5.41, 5.74) is 0. The van der Waals surface area contributed by atoms with Crippen LogP contribution in [0.25, 0.3) is 0 Å². The van der Waals surface area contributed by atoms with E-state index in [-0.39, 0.29) is 5.24 Å². The lowest BCUT2D eigenvalue weighted by molar-refractivity contribution is 0.260. The molecule has 2 nitrogen and oxygen atoms in total. The maximum Gasteiger partial charge on any atom is 0.279 e. The summed E-state index contributed by atoms with van der Waals surface area (Å²) in [6.07, 6.45) is 0. The summed E-state index contributed by atoms with van der Waals surface area (Å²) < 4.78 is 0. The molecular formula is C5H9NOS. The number of hydrogen-bond acceptors (Lipinski definition) is 2. The van der Waals surface area contributed by atoms with Crippen molar-refractivity contribution in [2.45, 2.75) is 25.1 Å². The smallest absolute Gasteiger partial charge is 0.279 e. The van der Waals surface area contributed by atoms with Crippen LogP contribution in [0.4, 0.5) is 4.79 Å². The molecule has 0 radical (unpaired) electrons. The molecule has 0 bridgehead atoms. The summed E-state index contributed by atoms with van der Waals surface area (Å²) in [7, 11) is 0. The van der Waals surface area contributed by atoms with Gasteiger partial charge in [-0.2, -0.15) is 0 Å². The first kappa shape index (κ1) is 5.95. The van der Waals surface area contributed by atoms with E-state index in [0.29, 0.717) is 11.3 Å². The van der Waals surface area contributed by atoms with E-state index in [0.717, 1.165) is 0 Å². The van der Waals surface area contributed by atoms with Gasteiger partial charge in [0, 0.05) is 11.3 Å². The van der Waals surface area contributed by atoms with Crippen molar-refractivity contribution < 1.29 is 4.79 Å². The van der Waals surface area contributed by atoms with Gasteiger partial charge in [0.15, 0.2) is 0 Å². The number of hydrogen-bond donors (Lipinski definition) is 1. The molecule has 1 aliphatic rings. The van der Waals surface area contributed by atoms with Crippen LogP contribution in [0.5, 0.6) is 0 Å². The number of nitrogens with one attached hydrogen (secondary N) is 1. The molecule has 2 unspecified atom stereocenters. The fourth-order valence-electron chi connectivity index (χ4n) is 0.608. The van der Waals surface area contributed by atoms with Gasteiger partial charge in [0.25, 0.3) is 5.24 Å². The highest BCUT2D eigenvalue weighted by Gasteiger charge is 2.25. The van der Waals surface area contributed by atoms with Crippen LogP contribution in [-0.2, 0) is 0 Å². The normalized spacial score (nSPS) is 37.5. The van der Waals surface area contributed by atoms with Gasteiger partial charge in [-0.25, -0.2) is 0 Å². The van der Waals surface area contributed by atoms with Crippen LogP contribution in [0.15, 0.2) is 0 Å². The Labute approximate surface area is 53.0 Å². The van der Waals surface area contributed by atoms with E-state index in [2.05, 4.69) is 5.32 Å². The highest BCUT2D eigenvalue weighted by molar-refractivity contribution is 8.14. The molecule has 1 N–H and O–H groups in total. The molecule has 8 heavy (non-hydrogen) atoms. The molecule has 0 aliphatic carbocycles. The molecule has 1 heterocycles. The zero-order valence-corrected chi connectivity index (χ0v) is 5.79.